The molecular weight excluding hydrogens is 332 g/mol. The Bertz CT molecular complexity index is 793. The summed E-state index contributed by atoms with van der Waals surface area (Å²) in [7, 11) is 1.28. The molecule has 1 aromatic carbocycles. The summed E-state index contributed by atoms with van der Waals surface area (Å²) in [6.45, 7) is 0. The fourth-order valence-corrected chi connectivity index (χ4v) is 2.18. The van der Waals surface area contributed by atoms with E-state index in [1.165, 1.54) is 37.6 Å². The van der Waals surface area contributed by atoms with Gasteiger partial charge in [-0.3, -0.25) is 4.79 Å². The summed E-state index contributed by atoms with van der Waals surface area (Å²) in [6, 6.07) is 6.38. The number of aromatic nitrogens is 2. The van der Waals surface area contributed by atoms with Gasteiger partial charge < -0.3 is 15.4 Å². The maximum atomic E-state index is 12.4. The molecular formula is C16H15ClN4O3. The van der Waals surface area contributed by atoms with Crippen molar-refractivity contribution in [2.75, 3.05) is 17.7 Å². The third-order valence-corrected chi connectivity index (χ3v) is 3.76. The third-order valence-electron chi connectivity index (χ3n) is 3.43. The fourth-order valence-electron chi connectivity index (χ4n) is 2.02. The molecule has 2 aromatic rings. The average molecular weight is 347 g/mol. The topological polar surface area (TPSA) is 93.2 Å². The lowest BCUT2D eigenvalue weighted by molar-refractivity contribution is 0.0600. The highest BCUT2D eigenvalue weighted by molar-refractivity contribution is 6.34. The van der Waals surface area contributed by atoms with Gasteiger partial charge in [-0.2, -0.15) is 0 Å². The zero-order valence-corrected chi connectivity index (χ0v) is 13.6. The lowest BCUT2D eigenvalue weighted by Crippen LogP contribution is -2.16. The molecule has 3 rings (SSSR count). The second-order valence-electron chi connectivity index (χ2n) is 5.32. The van der Waals surface area contributed by atoms with Crippen LogP contribution in [0.25, 0.3) is 0 Å². The molecule has 0 saturated heterocycles. The zero-order valence-electron chi connectivity index (χ0n) is 12.9. The third kappa shape index (κ3) is 3.80. The number of benzene rings is 1. The molecule has 2 N–H and O–H groups in total. The molecule has 124 valence electrons. The molecule has 0 unspecified atom stereocenters. The normalized spacial score (nSPS) is 13.2. The van der Waals surface area contributed by atoms with Crippen molar-refractivity contribution in [1.82, 2.24) is 9.97 Å². The van der Waals surface area contributed by atoms with Gasteiger partial charge in [0.05, 0.1) is 23.4 Å². The molecule has 1 saturated carbocycles. The Morgan fingerprint density at radius 2 is 2.08 bits per heavy atom. The molecule has 0 bridgehead atoms. The monoisotopic (exact) mass is 346 g/mol. The van der Waals surface area contributed by atoms with Gasteiger partial charge in [0.1, 0.15) is 5.69 Å². The van der Waals surface area contributed by atoms with Gasteiger partial charge in [-0.25, -0.2) is 14.8 Å². The number of nitrogens with zero attached hydrogens (tertiary/aromatic N) is 2. The summed E-state index contributed by atoms with van der Waals surface area (Å²) in [5.74, 6) is -0.542. The minimum atomic E-state index is -0.514. The summed E-state index contributed by atoms with van der Waals surface area (Å²) in [4.78, 5) is 32.2. The lowest BCUT2D eigenvalue weighted by Gasteiger charge is -2.09. The molecule has 1 fully saturated rings. The van der Waals surface area contributed by atoms with Crippen molar-refractivity contribution in [2.45, 2.75) is 18.9 Å². The second-order valence-corrected chi connectivity index (χ2v) is 5.73. The van der Waals surface area contributed by atoms with Gasteiger partial charge in [0.2, 0.25) is 5.95 Å². The summed E-state index contributed by atoms with van der Waals surface area (Å²) in [6.07, 6.45) is 3.67. The van der Waals surface area contributed by atoms with E-state index in [0.717, 1.165) is 12.8 Å². The quantitative estimate of drug-likeness (QED) is 0.808. The maximum absolute atomic E-state index is 12.4. The van der Waals surface area contributed by atoms with E-state index >= 15 is 0 Å². The summed E-state index contributed by atoms with van der Waals surface area (Å²) in [5, 5.41) is 6.08. The van der Waals surface area contributed by atoms with Crippen LogP contribution in [0.15, 0.2) is 30.5 Å². The van der Waals surface area contributed by atoms with Crippen molar-refractivity contribution in [3.05, 3.63) is 46.7 Å². The van der Waals surface area contributed by atoms with Crippen LogP contribution < -0.4 is 10.6 Å². The van der Waals surface area contributed by atoms with Crippen molar-refractivity contribution in [1.29, 1.82) is 0 Å². The Morgan fingerprint density at radius 3 is 2.79 bits per heavy atom. The first-order chi connectivity index (χ1) is 11.6. The highest BCUT2D eigenvalue weighted by Gasteiger charge is 2.22. The number of methoxy groups -OCH3 is 1. The van der Waals surface area contributed by atoms with Crippen LogP contribution in [0.4, 0.5) is 11.6 Å². The first-order valence-electron chi connectivity index (χ1n) is 7.35. The van der Waals surface area contributed by atoms with Crippen LogP contribution in [-0.2, 0) is 4.74 Å². The van der Waals surface area contributed by atoms with Crippen LogP contribution in [0.5, 0.6) is 0 Å². The second kappa shape index (κ2) is 6.84. The van der Waals surface area contributed by atoms with Crippen LogP contribution in [0.1, 0.15) is 33.7 Å². The van der Waals surface area contributed by atoms with Crippen molar-refractivity contribution in [3.8, 4) is 0 Å². The number of hydrogen-bond donors (Lipinski definition) is 2. The Morgan fingerprint density at radius 1 is 1.29 bits per heavy atom. The van der Waals surface area contributed by atoms with Gasteiger partial charge in [-0.05, 0) is 37.1 Å². The van der Waals surface area contributed by atoms with E-state index in [1.807, 2.05) is 0 Å². The van der Waals surface area contributed by atoms with Crippen molar-refractivity contribution >= 4 is 35.1 Å². The molecule has 8 heteroatoms. The molecule has 0 spiro atoms. The number of rotatable bonds is 5. The number of hydrogen-bond acceptors (Lipinski definition) is 6. The average Bonchev–Trinajstić information content (AvgIpc) is 3.40. The first kappa shape index (κ1) is 16.2. The van der Waals surface area contributed by atoms with Gasteiger partial charge in [-0.15, -0.1) is 0 Å². The number of esters is 1. The van der Waals surface area contributed by atoms with E-state index in [-0.39, 0.29) is 11.3 Å². The smallest absolute Gasteiger partial charge is 0.337 e. The van der Waals surface area contributed by atoms with E-state index in [9.17, 15) is 9.59 Å². The highest BCUT2D eigenvalue weighted by atomic mass is 35.5. The summed E-state index contributed by atoms with van der Waals surface area (Å²) >= 11 is 6.07. The number of nitrogens with one attached hydrogen (secondary N) is 2. The number of carbonyl (C=O) groups excluding carboxylic acids is 2. The van der Waals surface area contributed by atoms with Crippen molar-refractivity contribution < 1.29 is 14.3 Å². The standard InChI is InChI=1S/C16H15ClN4O3/c1-24-15(23)9-2-5-11(17)13(8-9)20-14(22)12-6-7-18-16(21-12)19-10-3-4-10/h2,5-8,10H,3-4H2,1H3,(H,20,22)(H,18,19,21). The van der Waals surface area contributed by atoms with Crippen LogP contribution in [0.2, 0.25) is 5.02 Å². The minimum Gasteiger partial charge on any atom is -0.465 e. The van der Waals surface area contributed by atoms with Gasteiger partial charge >= 0.3 is 5.97 Å². The van der Waals surface area contributed by atoms with E-state index in [4.69, 9.17) is 11.6 Å². The molecule has 0 radical (unpaired) electrons. The largest absolute Gasteiger partial charge is 0.465 e. The summed E-state index contributed by atoms with van der Waals surface area (Å²) < 4.78 is 4.66. The Balaban J connectivity index is 1.77. The van der Waals surface area contributed by atoms with E-state index in [1.54, 1.807) is 0 Å². The predicted molar refractivity (Wildman–Crippen MR) is 89.4 cm³/mol. The molecule has 1 heterocycles. The van der Waals surface area contributed by atoms with Gasteiger partial charge in [0, 0.05) is 12.2 Å². The van der Waals surface area contributed by atoms with Crippen LogP contribution in [0, 0.1) is 0 Å². The molecule has 1 aliphatic carbocycles. The predicted octanol–water partition coefficient (Wildman–Crippen LogP) is 2.74. The highest BCUT2D eigenvalue weighted by Crippen LogP contribution is 2.25. The Hall–Kier alpha value is -2.67. The fraction of sp³-hybridized carbons (Fsp3) is 0.250. The Labute approximate surface area is 143 Å². The zero-order chi connectivity index (χ0) is 17.1. The van der Waals surface area contributed by atoms with E-state index < -0.39 is 11.9 Å². The molecule has 0 atom stereocenters. The number of halogens is 1. The number of anilines is 2. The molecule has 24 heavy (non-hydrogen) atoms. The minimum absolute atomic E-state index is 0.202. The maximum Gasteiger partial charge on any atom is 0.337 e. The van der Waals surface area contributed by atoms with Gasteiger partial charge in [0.15, 0.2) is 0 Å². The van der Waals surface area contributed by atoms with Crippen LogP contribution >= 0.6 is 11.6 Å². The molecule has 1 amide bonds. The molecule has 0 aliphatic heterocycles. The number of carbonyl (C=O) groups is 2. The molecule has 1 aromatic heterocycles. The van der Waals surface area contributed by atoms with Gasteiger partial charge in [0.25, 0.3) is 5.91 Å². The van der Waals surface area contributed by atoms with Crippen LogP contribution in [0.3, 0.4) is 0 Å². The summed E-state index contributed by atoms with van der Waals surface area (Å²) in [5.41, 5.74) is 0.795. The van der Waals surface area contributed by atoms with Crippen LogP contribution in [-0.4, -0.2) is 35.0 Å². The number of amides is 1. The van der Waals surface area contributed by atoms with E-state index in [0.29, 0.717) is 22.7 Å². The van der Waals surface area contributed by atoms with Crippen molar-refractivity contribution in [3.63, 3.8) is 0 Å². The van der Waals surface area contributed by atoms with Crippen molar-refractivity contribution in [2.24, 2.45) is 0 Å². The SMILES string of the molecule is COC(=O)c1ccc(Cl)c(NC(=O)c2ccnc(NC3CC3)n2)c1. The Kier molecular flexibility index (Phi) is 4.61. The lowest BCUT2D eigenvalue weighted by atomic mass is 10.2. The number of ether oxygens (including phenoxy) is 1. The first-order valence-corrected chi connectivity index (χ1v) is 7.73. The van der Waals surface area contributed by atoms with E-state index in [2.05, 4.69) is 25.3 Å². The van der Waals surface area contributed by atoms with Gasteiger partial charge in [-0.1, -0.05) is 11.6 Å². The molecule has 7 nitrogen and oxygen atoms in total. The molecule has 1 aliphatic rings.